The predicted octanol–water partition coefficient (Wildman–Crippen LogP) is 3.63. The molecule has 1 saturated heterocycles. The smallest absolute Gasteiger partial charge is 0.223 e. The molecule has 5 rings (SSSR count). The highest BCUT2D eigenvalue weighted by molar-refractivity contribution is 5.84. The molecule has 2 heterocycles. The fraction of sp³-hybridized carbons (Fsp3) is 0.276. The Labute approximate surface area is 201 Å². The van der Waals surface area contributed by atoms with E-state index in [2.05, 4.69) is 70.5 Å². The number of ether oxygens (including phenoxy) is 1. The van der Waals surface area contributed by atoms with Crippen LogP contribution >= 0.6 is 0 Å². The average molecular weight is 455 g/mol. The second-order valence-corrected chi connectivity index (χ2v) is 9.02. The molecular formula is C29H32N3O2+. The number of methoxy groups -OCH3 is 1. The first kappa shape index (κ1) is 22.2. The van der Waals surface area contributed by atoms with Crippen LogP contribution in [0.5, 0.6) is 5.75 Å². The number of nitrogens with zero attached hydrogens (tertiary/aromatic N) is 1. The number of para-hydroxylation sites is 1. The van der Waals surface area contributed by atoms with Crippen LogP contribution in [0.3, 0.4) is 0 Å². The third-order valence-electron chi connectivity index (χ3n) is 7.03. The molecule has 2 N–H and O–H groups in total. The number of quaternary nitrogens is 1. The SMILES string of the molecule is COc1ccc([C@@H](c2ccccc2)[NH+]2CCN(C(=O)CCc3c[nH]c4ccccc34)CC2)cc1. The summed E-state index contributed by atoms with van der Waals surface area (Å²) in [5, 5.41) is 1.22. The molecule has 34 heavy (non-hydrogen) atoms. The minimum Gasteiger partial charge on any atom is -0.497 e. The van der Waals surface area contributed by atoms with Crippen LogP contribution in [-0.4, -0.2) is 49.1 Å². The Balaban J connectivity index is 1.24. The zero-order valence-corrected chi connectivity index (χ0v) is 19.7. The van der Waals surface area contributed by atoms with E-state index in [9.17, 15) is 4.79 Å². The molecule has 1 fully saturated rings. The van der Waals surface area contributed by atoms with Crippen molar-refractivity contribution in [3.8, 4) is 5.75 Å². The molecule has 1 aliphatic heterocycles. The number of carbonyl (C=O) groups is 1. The summed E-state index contributed by atoms with van der Waals surface area (Å²) in [7, 11) is 1.70. The highest BCUT2D eigenvalue weighted by Crippen LogP contribution is 2.23. The number of nitrogens with one attached hydrogen (secondary N) is 2. The van der Waals surface area contributed by atoms with E-state index in [-0.39, 0.29) is 11.9 Å². The fourth-order valence-electron chi connectivity index (χ4n) is 5.18. The van der Waals surface area contributed by atoms with Crippen molar-refractivity contribution in [2.45, 2.75) is 18.9 Å². The maximum absolute atomic E-state index is 13.0. The molecule has 0 spiro atoms. The molecule has 3 aromatic carbocycles. The number of benzene rings is 3. The van der Waals surface area contributed by atoms with Crippen LogP contribution in [-0.2, 0) is 11.2 Å². The van der Waals surface area contributed by atoms with Gasteiger partial charge in [-0.25, -0.2) is 0 Å². The van der Waals surface area contributed by atoms with Crippen LogP contribution < -0.4 is 9.64 Å². The van der Waals surface area contributed by atoms with E-state index >= 15 is 0 Å². The Morgan fingerprint density at radius 3 is 2.35 bits per heavy atom. The number of H-pyrrole nitrogens is 1. The topological polar surface area (TPSA) is 49.8 Å². The summed E-state index contributed by atoms with van der Waals surface area (Å²) < 4.78 is 5.36. The number of rotatable bonds is 7. The molecule has 0 saturated carbocycles. The van der Waals surface area contributed by atoms with Gasteiger partial charge in [0.15, 0.2) is 0 Å². The van der Waals surface area contributed by atoms with Crippen molar-refractivity contribution in [3.05, 3.63) is 102 Å². The van der Waals surface area contributed by atoms with Gasteiger partial charge in [0.25, 0.3) is 0 Å². The Hall–Kier alpha value is -3.57. The summed E-state index contributed by atoms with van der Waals surface area (Å²) >= 11 is 0. The Morgan fingerprint density at radius 2 is 1.62 bits per heavy atom. The molecule has 1 atom stereocenters. The largest absolute Gasteiger partial charge is 0.497 e. The Bertz CT molecular complexity index is 1230. The summed E-state index contributed by atoms with van der Waals surface area (Å²) in [4.78, 5) is 19.9. The van der Waals surface area contributed by atoms with Gasteiger partial charge in [0.2, 0.25) is 5.91 Å². The van der Waals surface area contributed by atoms with Crippen molar-refractivity contribution in [2.24, 2.45) is 0 Å². The number of hydrogen-bond acceptors (Lipinski definition) is 2. The van der Waals surface area contributed by atoms with E-state index in [1.54, 1.807) is 7.11 Å². The first-order valence-electron chi connectivity index (χ1n) is 12.1. The zero-order valence-electron chi connectivity index (χ0n) is 19.7. The maximum Gasteiger partial charge on any atom is 0.223 e. The molecule has 4 aromatic rings. The van der Waals surface area contributed by atoms with E-state index in [0.717, 1.165) is 43.9 Å². The first-order valence-corrected chi connectivity index (χ1v) is 12.1. The Morgan fingerprint density at radius 1 is 0.941 bits per heavy atom. The lowest BCUT2D eigenvalue weighted by atomic mass is 9.96. The number of aryl methyl sites for hydroxylation is 1. The van der Waals surface area contributed by atoms with Gasteiger partial charge in [-0.05, 0) is 42.3 Å². The van der Waals surface area contributed by atoms with Crippen molar-refractivity contribution in [2.75, 3.05) is 33.3 Å². The lowest BCUT2D eigenvalue weighted by molar-refractivity contribution is -0.929. The molecule has 0 aliphatic carbocycles. The molecule has 5 nitrogen and oxygen atoms in total. The van der Waals surface area contributed by atoms with Gasteiger partial charge in [-0.2, -0.15) is 0 Å². The van der Waals surface area contributed by atoms with Crippen LogP contribution in [0.15, 0.2) is 85.1 Å². The van der Waals surface area contributed by atoms with E-state index in [1.165, 1.54) is 27.0 Å². The van der Waals surface area contributed by atoms with Crippen LogP contribution in [0, 0.1) is 0 Å². The highest BCUT2D eigenvalue weighted by Gasteiger charge is 2.31. The lowest BCUT2D eigenvalue weighted by Gasteiger charge is -2.37. The monoisotopic (exact) mass is 454 g/mol. The van der Waals surface area contributed by atoms with Crippen molar-refractivity contribution in [3.63, 3.8) is 0 Å². The van der Waals surface area contributed by atoms with Crippen molar-refractivity contribution in [1.82, 2.24) is 9.88 Å². The summed E-state index contributed by atoms with van der Waals surface area (Å²) in [6.07, 6.45) is 3.37. The number of carbonyl (C=O) groups excluding carboxylic acids is 1. The number of amides is 1. The van der Waals surface area contributed by atoms with Crippen LogP contribution in [0.2, 0.25) is 0 Å². The number of fused-ring (bicyclic) bond motifs is 1. The maximum atomic E-state index is 13.0. The van der Waals surface area contributed by atoms with Gasteiger partial charge in [0, 0.05) is 34.6 Å². The van der Waals surface area contributed by atoms with Gasteiger partial charge in [-0.15, -0.1) is 0 Å². The fourth-order valence-corrected chi connectivity index (χ4v) is 5.18. The summed E-state index contributed by atoms with van der Waals surface area (Å²) in [6, 6.07) is 27.6. The minimum atomic E-state index is 0.246. The standard InChI is InChI=1S/C29H31N3O2/c1-34-25-14-11-23(12-15-25)29(22-7-3-2-4-8-22)32-19-17-31(18-20-32)28(33)16-13-24-21-30-27-10-6-5-9-26(24)27/h2-12,14-15,21,29-30H,13,16-20H2,1H3/p+1/t29-/m1/s1. The van der Waals surface area contributed by atoms with Crippen molar-refractivity contribution >= 4 is 16.8 Å². The van der Waals surface area contributed by atoms with Crippen LogP contribution in [0.4, 0.5) is 0 Å². The minimum absolute atomic E-state index is 0.246. The molecule has 174 valence electrons. The number of hydrogen-bond donors (Lipinski definition) is 2. The second kappa shape index (κ2) is 10.1. The van der Waals surface area contributed by atoms with Gasteiger partial charge in [0.1, 0.15) is 11.8 Å². The van der Waals surface area contributed by atoms with Crippen LogP contribution in [0.1, 0.15) is 29.2 Å². The molecule has 5 heteroatoms. The van der Waals surface area contributed by atoms with E-state index in [0.29, 0.717) is 6.42 Å². The number of piperazine rings is 1. The third-order valence-corrected chi connectivity index (χ3v) is 7.03. The first-order chi connectivity index (χ1) is 16.7. The van der Waals surface area contributed by atoms with Gasteiger partial charge < -0.3 is 19.5 Å². The van der Waals surface area contributed by atoms with Gasteiger partial charge in [0.05, 0.1) is 33.3 Å². The normalized spacial score (nSPS) is 15.4. The van der Waals surface area contributed by atoms with Gasteiger partial charge >= 0.3 is 0 Å². The number of aromatic nitrogens is 1. The summed E-state index contributed by atoms with van der Waals surface area (Å²) in [5.41, 5.74) is 4.94. The molecule has 1 aliphatic rings. The van der Waals surface area contributed by atoms with E-state index < -0.39 is 0 Å². The summed E-state index contributed by atoms with van der Waals surface area (Å²) in [6.45, 7) is 3.46. The van der Waals surface area contributed by atoms with Gasteiger partial charge in [-0.1, -0.05) is 48.5 Å². The molecule has 0 bridgehead atoms. The molecule has 0 unspecified atom stereocenters. The molecular weight excluding hydrogens is 422 g/mol. The van der Waals surface area contributed by atoms with E-state index in [1.807, 2.05) is 24.4 Å². The van der Waals surface area contributed by atoms with Crippen LogP contribution in [0.25, 0.3) is 10.9 Å². The quantitative estimate of drug-likeness (QED) is 0.448. The predicted molar refractivity (Wildman–Crippen MR) is 135 cm³/mol. The molecule has 1 amide bonds. The zero-order chi connectivity index (χ0) is 23.3. The van der Waals surface area contributed by atoms with E-state index in [4.69, 9.17) is 4.74 Å². The third kappa shape index (κ3) is 4.70. The van der Waals surface area contributed by atoms with Crippen molar-refractivity contribution in [1.29, 1.82) is 0 Å². The molecule has 1 aromatic heterocycles. The number of aromatic amines is 1. The average Bonchev–Trinajstić information content (AvgIpc) is 3.32. The molecule has 0 radical (unpaired) electrons. The van der Waals surface area contributed by atoms with Crippen molar-refractivity contribution < 1.29 is 14.4 Å². The Kier molecular flexibility index (Phi) is 6.63. The second-order valence-electron chi connectivity index (χ2n) is 9.02. The highest BCUT2D eigenvalue weighted by atomic mass is 16.5. The summed E-state index contributed by atoms with van der Waals surface area (Å²) in [5.74, 6) is 1.13. The lowest BCUT2D eigenvalue weighted by Crippen LogP contribution is -3.15. The van der Waals surface area contributed by atoms with Gasteiger partial charge in [-0.3, -0.25) is 4.79 Å².